The summed E-state index contributed by atoms with van der Waals surface area (Å²) in [5, 5.41) is 0. The summed E-state index contributed by atoms with van der Waals surface area (Å²) < 4.78 is 36.7. The maximum absolute atomic E-state index is 12.5. The van der Waals surface area contributed by atoms with E-state index in [1.54, 1.807) is 20.0 Å². The Morgan fingerprint density at radius 3 is 2.25 bits per heavy atom. The lowest BCUT2D eigenvalue weighted by atomic mass is 10.2. The number of benzene rings is 1. The van der Waals surface area contributed by atoms with Crippen molar-refractivity contribution in [2.45, 2.75) is 18.2 Å². The number of ether oxygens (including phenoxy) is 2. The summed E-state index contributed by atoms with van der Waals surface area (Å²) in [5.74, 6) is 0.900. The molecule has 1 aromatic rings. The van der Waals surface area contributed by atoms with Crippen LogP contribution in [0.2, 0.25) is 0 Å². The Balaban J connectivity index is 3.24. The van der Waals surface area contributed by atoms with E-state index in [0.717, 1.165) is 0 Å². The summed E-state index contributed by atoms with van der Waals surface area (Å²) >= 11 is 0. The number of nitrogens with two attached hydrogens (primary N) is 1. The van der Waals surface area contributed by atoms with Crippen LogP contribution in [0, 0.1) is 6.92 Å². The topological polar surface area (TPSA) is 81.9 Å². The number of rotatable bonds is 7. The first kappa shape index (κ1) is 16.7. The highest BCUT2D eigenvalue weighted by Gasteiger charge is 2.24. The van der Waals surface area contributed by atoms with E-state index < -0.39 is 10.0 Å². The van der Waals surface area contributed by atoms with E-state index in [0.29, 0.717) is 36.6 Å². The van der Waals surface area contributed by atoms with Gasteiger partial charge in [0.2, 0.25) is 10.0 Å². The lowest BCUT2D eigenvalue weighted by molar-refractivity contribution is 0.353. The summed E-state index contributed by atoms with van der Waals surface area (Å²) in [4.78, 5) is 0.217. The molecule has 0 aliphatic heterocycles. The van der Waals surface area contributed by atoms with Gasteiger partial charge >= 0.3 is 0 Å². The van der Waals surface area contributed by atoms with Gasteiger partial charge in [0, 0.05) is 19.7 Å². The number of hydrogen-bond donors (Lipinski definition) is 1. The second kappa shape index (κ2) is 6.92. The highest BCUT2D eigenvalue weighted by molar-refractivity contribution is 7.89. The Morgan fingerprint density at radius 1 is 1.20 bits per heavy atom. The Bertz CT molecular complexity index is 558. The first-order chi connectivity index (χ1) is 9.38. The molecular weight excluding hydrogens is 280 g/mol. The lowest BCUT2D eigenvalue weighted by Crippen LogP contribution is -2.29. The molecule has 114 valence electrons. The number of hydrogen-bond acceptors (Lipinski definition) is 5. The Hall–Kier alpha value is -1.31. The number of sulfonamides is 1. The molecule has 0 spiro atoms. The van der Waals surface area contributed by atoms with E-state index in [4.69, 9.17) is 15.2 Å². The molecule has 20 heavy (non-hydrogen) atoms. The van der Waals surface area contributed by atoms with Crippen LogP contribution in [0.15, 0.2) is 17.0 Å². The average molecular weight is 302 g/mol. The van der Waals surface area contributed by atoms with Gasteiger partial charge in [0.1, 0.15) is 0 Å². The van der Waals surface area contributed by atoms with Gasteiger partial charge in [0.25, 0.3) is 0 Å². The van der Waals surface area contributed by atoms with Gasteiger partial charge < -0.3 is 15.2 Å². The van der Waals surface area contributed by atoms with Gasteiger partial charge in [-0.25, -0.2) is 12.7 Å². The molecule has 0 radical (unpaired) electrons. The number of methoxy groups -OCH3 is 2. The van der Waals surface area contributed by atoms with Crippen LogP contribution in [0.4, 0.5) is 0 Å². The predicted molar refractivity (Wildman–Crippen MR) is 77.8 cm³/mol. The van der Waals surface area contributed by atoms with Gasteiger partial charge in [-0.15, -0.1) is 0 Å². The Kier molecular flexibility index (Phi) is 5.79. The zero-order valence-corrected chi connectivity index (χ0v) is 13.2. The molecule has 0 saturated carbocycles. The molecule has 0 unspecified atom stereocenters. The fourth-order valence-electron chi connectivity index (χ4n) is 1.84. The first-order valence-corrected chi connectivity index (χ1v) is 7.71. The molecule has 0 atom stereocenters. The summed E-state index contributed by atoms with van der Waals surface area (Å²) in [7, 11) is 0.972. The van der Waals surface area contributed by atoms with Crippen molar-refractivity contribution in [3.05, 3.63) is 17.7 Å². The fraction of sp³-hybridized carbons (Fsp3) is 0.538. The molecule has 6 nitrogen and oxygen atoms in total. The minimum atomic E-state index is -3.56. The second-order valence-electron chi connectivity index (χ2n) is 4.44. The molecule has 0 aliphatic carbocycles. The van der Waals surface area contributed by atoms with Crippen molar-refractivity contribution >= 4 is 10.0 Å². The first-order valence-electron chi connectivity index (χ1n) is 6.27. The Morgan fingerprint density at radius 2 is 1.75 bits per heavy atom. The van der Waals surface area contributed by atoms with Gasteiger partial charge in [-0.05, 0) is 31.5 Å². The summed E-state index contributed by atoms with van der Waals surface area (Å²) in [6, 6.07) is 3.14. The lowest BCUT2D eigenvalue weighted by Gasteiger charge is -2.19. The van der Waals surface area contributed by atoms with Crippen LogP contribution in [0.1, 0.15) is 12.0 Å². The Labute approximate surface area is 120 Å². The molecule has 1 rings (SSSR count). The third-order valence-electron chi connectivity index (χ3n) is 3.05. The third kappa shape index (κ3) is 3.41. The van der Waals surface area contributed by atoms with Gasteiger partial charge in [-0.2, -0.15) is 0 Å². The number of nitrogens with zero attached hydrogens (tertiary/aromatic N) is 1. The maximum Gasteiger partial charge on any atom is 0.243 e. The van der Waals surface area contributed by atoms with E-state index in [2.05, 4.69) is 0 Å². The normalized spacial score (nSPS) is 11.7. The molecule has 2 N–H and O–H groups in total. The molecule has 0 fully saturated rings. The third-order valence-corrected chi connectivity index (χ3v) is 5.05. The zero-order chi connectivity index (χ0) is 15.3. The smallest absolute Gasteiger partial charge is 0.243 e. The van der Waals surface area contributed by atoms with Crippen LogP contribution in [-0.4, -0.2) is 47.1 Å². The quantitative estimate of drug-likeness (QED) is 0.812. The van der Waals surface area contributed by atoms with Crippen LogP contribution in [-0.2, 0) is 10.0 Å². The molecule has 1 aromatic carbocycles. The van der Waals surface area contributed by atoms with Crippen LogP contribution in [0.5, 0.6) is 11.5 Å². The molecule has 0 saturated heterocycles. The van der Waals surface area contributed by atoms with Gasteiger partial charge in [-0.1, -0.05) is 0 Å². The van der Waals surface area contributed by atoms with Crippen molar-refractivity contribution in [2.24, 2.45) is 5.73 Å². The zero-order valence-electron chi connectivity index (χ0n) is 12.3. The average Bonchev–Trinajstić information content (AvgIpc) is 2.43. The maximum atomic E-state index is 12.5. The fourth-order valence-corrected chi connectivity index (χ4v) is 3.27. The van der Waals surface area contributed by atoms with E-state index >= 15 is 0 Å². The van der Waals surface area contributed by atoms with Crippen molar-refractivity contribution in [1.82, 2.24) is 4.31 Å². The largest absolute Gasteiger partial charge is 0.493 e. The van der Waals surface area contributed by atoms with E-state index in [1.165, 1.54) is 24.6 Å². The van der Waals surface area contributed by atoms with Crippen LogP contribution < -0.4 is 15.2 Å². The summed E-state index contributed by atoms with van der Waals surface area (Å²) in [6.45, 7) is 2.56. The highest BCUT2D eigenvalue weighted by atomic mass is 32.2. The summed E-state index contributed by atoms with van der Waals surface area (Å²) in [6.07, 6.45) is 0.613. The van der Waals surface area contributed by atoms with Gasteiger partial charge in [-0.3, -0.25) is 0 Å². The van der Waals surface area contributed by atoms with Crippen LogP contribution in [0.3, 0.4) is 0 Å². The van der Waals surface area contributed by atoms with Crippen LogP contribution >= 0.6 is 0 Å². The van der Waals surface area contributed by atoms with E-state index in [-0.39, 0.29) is 4.90 Å². The second-order valence-corrected chi connectivity index (χ2v) is 6.45. The molecule has 0 aromatic heterocycles. The van der Waals surface area contributed by atoms with E-state index in [1.807, 2.05) is 0 Å². The van der Waals surface area contributed by atoms with Crippen LogP contribution in [0.25, 0.3) is 0 Å². The van der Waals surface area contributed by atoms with Crippen molar-refractivity contribution in [1.29, 1.82) is 0 Å². The molecule has 0 amide bonds. The molecule has 0 bridgehead atoms. The number of aryl methyl sites for hydroxylation is 1. The molecule has 7 heteroatoms. The highest BCUT2D eigenvalue weighted by Crippen LogP contribution is 2.33. The van der Waals surface area contributed by atoms with Gasteiger partial charge in [0.05, 0.1) is 19.1 Å². The van der Waals surface area contributed by atoms with Crippen molar-refractivity contribution in [2.75, 3.05) is 34.4 Å². The minimum absolute atomic E-state index is 0.217. The molecule has 0 heterocycles. The van der Waals surface area contributed by atoms with Crippen molar-refractivity contribution in [3.63, 3.8) is 0 Å². The molecule has 0 aliphatic rings. The van der Waals surface area contributed by atoms with Crippen molar-refractivity contribution in [3.8, 4) is 11.5 Å². The van der Waals surface area contributed by atoms with Gasteiger partial charge in [0.15, 0.2) is 11.5 Å². The SMILES string of the molecule is COc1cc(C)c(S(=O)(=O)N(C)CCCN)cc1OC. The molecular formula is C13H22N2O4S. The monoisotopic (exact) mass is 302 g/mol. The predicted octanol–water partition coefficient (Wildman–Crippen LogP) is 0.982. The standard InChI is InChI=1S/C13H22N2O4S/c1-10-8-11(18-3)12(19-4)9-13(10)20(16,17)15(2)7-5-6-14/h8-9H,5-7,14H2,1-4H3. The van der Waals surface area contributed by atoms with E-state index in [9.17, 15) is 8.42 Å². The minimum Gasteiger partial charge on any atom is -0.493 e. The van der Waals surface area contributed by atoms with Crippen molar-refractivity contribution < 1.29 is 17.9 Å². The summed E-state index contributed by atoms with van der Waals surface area (Å²) in [5.41, 5.74) is 6.03.